The predicted octanol–water partition coefficient (Wildman–Crippen LogP) is 0.206. The molecule has 0 radical (unpaired) electrons. The van der Waals surface area contributed by atoms with Crippen molar-refractivity contribution in [1.82, 2.24) is 5.43 Å². The maximum Gasteiger partial charge on any atom is 0.332 e. The van der Waals surface area contributed by atoms with E-state index < -0.39 is 12.0 Å². The number of carboxylic acids is 1. The summed E-state index contributed by atoms with van der Waals surface area (Å²) in [4.78, 5) is 21.0. The fourth-order valence-corrected chi connectivity index (χ4v) is 1.32. The lowest BCUT2D eigenvalue weighted by Gasteiger charge is -1.98. The summed E-state index contributed by atoms with van der Waals surface area (Å²) in [5.41, 5.74) is 8.41. The Morgan fingerprint density at radius 1 is 1.50 bits per heavy atom. The summed E-state index contributed by atoms with van der Waals surface area (Å²) in [7, 11) is 0. The van der Waals surface area contributed by atoms with Crippen molar-refractivity contribution in [3.63, 3.8) is 0 Å². The molecule has 0 unspecified atom stereocenters. The van der Waals surface area contributed by atoms with Crippen LogP contribution in [0.1, 0.15) is 19.8 Å². The van der Waals surface area contributed by atoms with Gasteiger partial charge in [0.25, 0.3) is 0 Å². The monoisotopic (exact) mass is 197 g/mol. The van der Waals surface area contributed by atoms with Crippen molar-refractivity contribution in [1.29, 1.82) is 0 Å². The van der Waals surface area contributed by atoms with Gasteiger partial charge in [-0.1, -0.05) is 0 Å². The molecule has 1 rings (SSSR count). The van der Waals surface area contributed by atoms with E-state index in [1.165, 1.54) is 0 Å². The second-order valence-electron chi connectivity index (χ2n) is 2.94. The molecule has 0 aliphatic heterocycles. The van der Waals surface area contributed by atoms with Crippen LogP contribution in [0.5, 0.6) is 0 Å². The van der Waals surface area contributed by atoms with Crippen LogP contribution in [0.2, 0.25) is 0 Å². The minimum atomic E-state index is -0.938. The summed E-state index contributed by atoms with van der Waals surface area (Å²) in [5, 5.41) is 12.5. The fourth-order valence-electron chi connectivity index (χ4n) is 1.32. The Balaban J connectivity index is 2.82. The molecule has 1 aliphatic carbocycles. The van der Waals surface area contributed by atoms with Gasteiger partial charge in [-0.25, -0.2) is 15.0 Å². The van der Waals surface area contributed by atoms with E-state index >= 15 is 0 Å². The van der Waals surface area contributed by atoms with Crippen molar-refractivity contribution in [2.75, 3.05) is 0 Å². The molecule has 0 aromatic rings. The van der Waals surface area contributed by atoms with Crippen LogP contribution < -0.4 is 11.2 Å². The first-order valence-electron chi connectivity index (χ1n) is 4.07. The Hall–Kier alpha value is -1.85. The van der Waals surface area contributed by atoms with Gasteiger partial charge in [-0.05, 0) is 25.3 Å². The summed E-state index contributed by atoms with van der Waals surface area (Å²) in [6.07, 6.45) is 0.966. The molecule has 0 saturated carbocycles. The molecule has 14 heavy (non-hydrogen) atoms. The molecule has 0 saturated heterocycles. The van der Waals surface area contributed by atoms with Gasteiger partial charge in [0.15, 0.2) is 0 Å². The van der Waals surface area contributed by atoms with Crippen LogP contribution in [-0.4, -0.2) is 22.8 Å². The van der Waals surface area contributed by atoms with E-state index in [0.29, 0.717) is 29.7 Å². The minimum Gasteiger partial charge on any atom is -0.478 e. The van der Waals surface area contributed by atoms with Crippen molar-refractivity contribution < 1.29 is 14.7 Å². The Labute approximate surface area is 80.5 Å². The second-order valence-corrected chi connectivity index (χ2v) is 2.94. The third kappa shape index (κ3) is 2.09. The van der Waals surface area contributed by atoms with Gasteiger partial charge in [-0.3, -0.25) is 0 Å². The zero-order valence-electron chi connectivity index (χ0n) is 7.70. The molecule has 0 bridgehead atoms. The maximum atomic E-state index is 10.7. The van der Waals surface area contributed by atoms with Crippen LogP contribution in [0, 0.1) is 0 Å². The molecule has 76 valence electrons. The number of aliphatic carboxylic acids is 1. The number of rotatable bonds is 2. The van der Waals surface area contributed by atoms with Gasteiger partial charge in [0.05, 0.1) is 5.71 Å². The number of nitrogens with one attached hydrogen (secondary N) is 1. The number of primary amides is 1. The summed E-state index contributed by atoms with van der Waals surface area (Å²) in [5.74, 6) is -0.938. The maximum absolute atomic E-state index is 10.7. The molecule has 0 spiro atoms. The first kappa shape index (κ1) is 10.2. The highest BCUT2D eigenvalue weighted by molar-refractivity contribution is 6.09. The van der Waals surface area contributed by atoms with E-state index in [-0.39, 0.29) is 0 Å². The summed E-state index contributed by atoms with van der Waals surface area (Å²) in [6, 6.07) is -0.755. The van der Waals surface area contributed by atoms with E-state index in [9.17, 15) is 9.59 Å². The van der Waals surface area contributed by atoms with E-state index in [1.807, 2.05) is 0 Å². The third-order valence-electron chi connectivity index (χ3n) is 2.06. The summed E-state index contributed by atoms with van der Waals surface area (Å²) < 4.78 is 0. The van der Waals surface area contributed by atoms with Crippen LogP contribution in [-0.2, 0) is 4.79 Å². The number of hydrazone groups is 1. The van der Waals surface area contributed by atoms with Crippen molar-refractivity contribution >= 4 is 17.7 Å². The first-order chi connectivity index (χ1) is 6.52. The highest BCUT2D eigenvalue weighted by Crippen LogP contribution is 2.23. The van der Waals surface area contributed by atoms with Crippen molar-refractivity contribution in [2.45, 2.75) is 19.8 Å². The Kier molecular flexibility index (Phi) is 2.85. The van der Waals surface area contributed by atoms with E-state index in [1.54, 1.807) is 6.92 Å². The SMILES string of the molecule is CC1=C(C(=O)O)CC/C1=N\NC(N)=O. The summed E-state index contributed by atoms with van der Waals surface area (Å²) >= 11 is 0. The Morgan fingerprint density at radius 3 is 2.57 bits per heavy atom. The molecule has 0 aromatic heterocycles. The zero-order chi connectivity index (χ0) is 10.7. The highest BCUT2D eigenvalue weighted by atomic mass is 16.4. The van der Waals surface area contributed by atoms with Crippen molar-refractivity contribution in [3.8, 4) is 0 Å². The minimum absolute atomic E-state index is 0.343. The van der Waals surface area contributed by atoms with Crippen LogP contribution >= 0.6 is 0 Å². The number of carboxylic acid groups (broad SMARTS) is 1. The molecule has 1 aliphatic rings. The van der Waals surface area contributed by atoms with E-state index in [4.69, 9.17) is 10.8 Å². The van der Waals surface area contributed by atoms with E-state index in [0.717, 1.165) is 0 Å². The van der Waals surface area contributed by atoms with E-state index in [2.05, 4.69) is 10.5 Å². The number of urea groups is 1. The lowest BCUT2D eigenvalue weighted by Crippen LogP contribution is -2.25. The predicted molar refractivity (Wildman–Crippen MR) is 49.7 cm³/mol. The number of nitrogens with two attached hydrogens (primary N) is 1. The molecule has 6 nitrogen and oxygen atoms in total. The lowest BCUT2D eigenvalue weighted by atomic mass is 10.2. The highest BCUT2D eigenvalue weighted by Gasteiger charge is 2.22. The molecular weight excluding hydrogens is 186 g/mol. The van der Waals surface area contributed by atoms with Crippen LogP contribution in [0.4, 0.5) is 4.79 Å². The van der Waals surface area contributed by atoms with Gasteiger partial charge in [-0.2, -0.15) is 5.10 Å². The van der Waals surface area contributed by atoms with Gasteiger partial charge in [0.1, 0.15) is 0 Å². The average molecular weight is 197 g/mol. The smallest absolute Gasteiger partial charge is 0.332 e. The number of carbonyl (C=O) groups excluding carboxylic acids is 1. The quantitative estimate of drug-likeness (QED) is 0.551. The topological polar surface area (TPSA) is 105 Å². The number of allylic oxidation sites excluding steroid dienone is 1. The Morgan fingerprint density at radius 2 is 2.14 bits per heavy atom. The number of amides is 2. The van der Waals surface area contributed by atoms with Crippen molar-refractivity contribution in [2.24, 2.45) is 10.8 Å². The van der Waals surface area contributed by atoms with Crippen LogP contribution in [0.3, 0.4) is 0 Å². The number of hydrogen-bond acceptors (Lipinski definition) is 3. The van der Waals surface area contributed by atoms with Gasteiger partial charge < -0.3 is 10.8 Å². The molecule has 6 heteroatoms. The number of hydrogen-bond donors (Lipinski definition) is 3. The summed E-state index contributed by atoms with van der Waals surface area (Å²) in [6.45, 7) is 1.66. The molecule has 0 aromatic carbocycles. The lowest BCUT2D eigenvalue weighted by molar-refractivity contribution is -0.132. The average Bonchev–Trinajstić information content (AvgIpc) is 2.43. The van der Waals surface area contributed by atoms with Gasteiger partial charge in [0.2, 0.25) is 0 Å². The van der Waals surface area contributed by atoms with Gasteiger partial charge in [-0.15, -0.1) is 0 Å². The van der Waals surface area contributed by atoms with Crippen LogP contribution in [0.15, 0.2) is 16.2 Å². The number of carbonyl (C=O) groups is 2. The van der Waals surface area contributed by atoms with Gasteiger partial charge >= 0.3 is 12.0 Å². The first-order valence-corrected chi connectivity index (χ1v) is 4.07. The standard InChI is InChI=1S/C8H11N3O3/c1-4-5(7(12)13)2-3-6(4)10-11-8(9)14/h2-3H2,1H3,(H,12,13)(H3,9,11,14)/b10-6+. The normalized spacial score (nSPS) is 18.8. The zero-order valence-corrected chi connectivity index (χ0v) is 7.70. The fraction of sp³-hybridized carbons (Fsp3) is 0.375. The molecule has 0 atom stereocenters. The van der Waals surface area contributed by atoms with Gasteiger partial charge in [0, 0.05) is 5.57 Å². The van der Waals surface area contributed by atoms with Crippen molar-refractivity contribution in [3.05, 3.63) is 11.1 Å². The molecule has 0 heterocycles. The molecule has 2 amide bonds. The number of nitrogens with zero attached hydrogens (tertiary/aromatic N) is 1. The second kappa shape index (κ2) is 3.91. The largest absolute Gasteiger partial charge is 0.478 e. The Bertz CT molecular complexity index is 344. The third-order valence-corrected chi connectivity index (χ3v) is 2.06. The molecular formula is C8H11N3O3. The molecule has 0 fully saturated rings. The van der Waals surface area contributed by atoms with Crippen LogP contribution in [0.25, 0.3) is 0 Å². The molecule has 4 N–H and O–H groups in total.